The molecule has 0 aliphatic heterocycles. The molecule has 5 nitrogen and oxygen atoms in total. The van der Waals surface area contributed by atoms with E-state index in [1.54, 1.807) is 0 Å². The van der Waals surface area contributed by atoms with E-state index in [0.29, 0.717) is 5.92 Å². The lowest BCUT2D eigenvalue weighted by Gasteiger charge is -2.30. The zero-order valence-corrected chi connectivity index (χ0v) is 14.6. The third-order valence-electron chi connectivity index (χ3n) is 4.42. The monoisotopic (exact) mass is 373 g/mol. The molecule has 1 aromatic rings. The van der Waals surface area contributed by atoms with E-state index < -0.39 is 24.2 Å². The molecule has 1 amide bonds. The second-order valence-electron chi connectivity index (χ2n) is 6.50. The van der Waals surface area contributed by atoms with Crippen molar-refractivity contribution in [2.75, 3.05) is 0 Å². The van der Waals surface area contributed by atoms with Crippen LogP contribution in [0.2, 0.25) is 0 Å². The van der Waals surface area contributed by atoms with Crippen LogP contribution in [0.4, 0.5) is 13.2 Å². The first-order chi connectivity index (χ1) is 12.2. The number of ether oxygens (including phenoxy) is 2. The van der Waals surface area contributed by atoms with Gasteiger partial charge >= 0.3 is 12.3 Å². The Morgan fingerprint density at radius 3 is 2.35 bits per heavy atom. The molecule has 0 aromatic heterocycles. The second-order valence-corrected chi connectivity index (χ2v) is 6.50. The number of nitrogens with one attached hydrogen (secondary N) is 1. The minimum atomic E-state index is -4.80. The van der Waals surface area contributed by atoms with E-state index in [-0.39, 0.29) is 17.5 Å². The summed E-state index contributed by atoms with van der Waals surface area (Å²) in [5, 5.41) is 2.90. The molecule has 1 fully saturated rings. The molecule has 8 heteroatoms. The molecule has 1 aromatic carbocycles. The number of alkyl halides is 3. The Morgan fingerprint density at radius 2 is 1.77 bits per heavy atom. The first kappa shape index (κ1) is 20.1. The largest absolute Gasteiger partial charge is 0.573 e. The fourth-order valence-electron chi connectivity index (χ4n) is 2.91. The molecular formula is C18H22F3NO4. The molecule has 144 valence electrons. The minimum Gasteiger partial charge on any atom is -0.449 e. The van der Waals surface area contributed by atoms with Gasteiger partial charge in [-0.15, -0.1) is 13.2 Å². The van der Waals surface area contributed by atoms with Crippen LogP contribution in [0.5, 0.6) is 5.75 Å². The van der Waals surface area contributed by atoms with Gasteiger partial charge in [0.25, 0.3) is 5.91 Å². The van der Waals surface area contributed by atoms with Crippen LogP contribution in [0.1, 0.15) is 49.9 Å². The van der Waals surface area contributed by atoms with E-state index >= 15 is 0 Å². The Kier molecular flexibility index (Phi) is 6.50. The van der Waals surface area contributed by atoms with Gasteiger partial charge in [-0.1, -0.05) is 19.8 Å². The molecule has 0 bridgehead atoms. The summed E-state index contributed by atoms with van der Waals surface area (Å²) in [5.41, 5.74) is 0.0326. The number of esters is 1. The Bertz CT molecular complexity index is 630. The number of halogens is 3. The van der Waals surface area contributed by atoms with Gasteiger partial charge in [-0.05, 0) is 49.9 Å². The highest BCUT2D eigenvalue weighted by Crippen LogP contribution is 2.24. The molecule has 3 atom stereocenters. The normalized spacial score (nSPS) is 21.6. The van der Waals surface area contributed by atoms with Gasteiger partial charge in [0.1, 0.15) is 5.75 Å². The lowest BCUT2D eigenvalue weighted by Crippen LogP contribution is -2.45. The first-order valence-electron chi connectivity index (χ1n) is 8.53. The fraction of sp³-hybridized carbons (Fsp3) is 0.556. The zero-order valence-electron chi connectivity index (χ0n) is 14.6. The van der Waals surface area contributed by atoms with Gasteiger partial charge in [0.15, 0.2) is 6.10 Å². The summed E-state index contributed by atoms with van der Waals surface area (Å²) >= 11 is 0. The van der Waals surface area contributed by atoms with Gasteiger partial charge in [-0.2, -0.15) is 0 Å². The average Bonchev–Trinajstić information content (AvgIpc) is 2.56. The van der Waals surface area contributed by atoms with Crippen LogP contribution in [-0.4, -0.2) is 30.4 Å². The Morgan fingerprint density at radius 1 is 1.15 bits per heavy atom. The molecular weight excluding hydrogens is 351 g/mol. The average molecular weight is 373 g/mol. The summed E-state index contributed by atoms with van der Waals surface area (Å²) in [5.74, 6) is -1.24. The maximum absolute atomic E-state index is 12.2. The van der Waals surface area contributed by atoms with Crippen LogP contribution >= 0.6 is 0 Å². The second kappa shape index (κ2) is 8.42. The van der Waals surface area contributed by atoms with Crippen molar-refractivity contribution in [3.05, 3.63) is 29.8 Å². The van der Waals surface area contributed by atoms with Crippen molar-refractivity contribution in [3.8, 4) is 5.75 Å². The standard InChI is InChI=1S/C18H22F3NO4/c1-11-5-3-4-6-15(11)22-16(23)12(2)25-17(24)13-7-9-14(10-8-13)26-18(19,20)21/h7-12,15H,3-6H2,1-2H3,(H,22,23)/t11-,12+,15+/m0/s1. The van der Waals surface area contributed by atoms with E-state index in [0.717, 1.165) is 49.9 Å². The predicted octanol–water partition coefficient (Wildman–Crippen LogP) is 3.83. The summed E-state index contributed by atoms with van der Waals surface area (Å²) in [6.45, 7) is 3.53. The minimum absolute atomic E-state index is 0.0326. The predicted molar refractivity (Wildman–Crippen MR) is 87.6 cm³/mol. The number of carbonyl (C=O) groups excluding carboxylic acids is 2. The molecule has 1 saturated carbocycles. The molecule has 2 rings (SSSR count). The third-order valence-corrected chi connectivity index (χ3v) is 4.42. The summed E-state index contributed by atoms with van der Waals surface area (Å²) in [6.07, 6.45) is -1.66. The third kappa shape index (κ3) is 5.93. The van der Waals surface area contributed by atoms with Crippen molar-refractivity contribution in [1.82, 2.24) is 5.32 Å². The summed E-state index contributed by atoms with van der Waals surface area (Å²) in [4.78, 5) is 24.2. The van der Waals surface area contributed by atoms with Crippen LogP contribution in [-0.2, 0) is 9.53 Å². The van der Waals surface area contributed by atoms with Crippen LogP contribution in [0.25, 0.3) is 0 Å². The van der Waals surface area contributed by atoms with Gasteiger partial charge in [0.05, 0.1) is 5.56 Å². The number of benzene rings is 1. The molecule has 1 aliphatic carbocycles. The summed E-state index contributed by atoms with van der Waals surface area (Å²) < 4.78 is 45.2. The lowest BCUT2D eigenvalue weighted by molar-refractivity contribution is -0.274. The maximum Gasteiger partial charge on any atom is 0.573 e. The number of rotatable bonds is 5. The van der Waals surface area contributed by atoms with Crippen molar-refractivity contribution < 1.29 is 32.2 Å². The van der Waals surface area contributed by atoms with Crippen molar-refractivity contribution >= 4 is 11.9 Å². The summed E-state index contributed by atoms with van der Waals surface area (Å²) in [6, 6.07) is 4.39. The van der Waals surface area contributed by atoms with Gasteiger partial charge in [0.2, 0.25) is 0 Å². The molecule has 0 unspecified atom stereocenters. The van der Waals surface area contributed by atoms with E-state index in [1.165, 1.54) is 6.92 Å². The molecule has 1 aliphatic rings. The Labute approximate surface area is 149 Å². The first-order valence-corrected chi connectivity index (χ1v) is 8.53. The zero-order chi connectivity index (χ0) is 19.3. The number of hydrogen-bond donors (Lipinski definition) is 1. The van der Waals surface area contributed by atoms with Crippen molar-refractivity contribution in [3.63, 3.8) is 0 Å². The van der Waals surface area contributed by atoms with Crippen LogP contribution < -0.4 is 10.1 Å². The molecule has 0 spiro atoms. The highest BCUT2D eigenvalue weighted by molar-refractivity contribution is 5.92. The van der Waals surface area contributed by atoms with E-state index in [9.17, 15) is 22.8 Å². The quantitative estimate of drug-likeness (QED) is 0.797. The van der Waals surface area contributed by atoms with Gasteiger partial charge in [-0.25, -0.2) is 4.79 Å². The smallest absolute Gasteiger partial charge is 0.449 e. The number of hydrogen-bond acceptors (Lipinski definition) is 4. The lowest BCUT2D eigenvalue weighted by atomic mass is 9.86. The Hall–Kier alpha value is -2.25. The van der Waals surface area contributed by atoms with E-state index in [2.05, 4.69) is 17.0 Å². The van der Waals surface area contributed by atoms with Crippen LogP contribution in [0.15, 0.2) is 24.3 Å². The fourth-order valence-corrected chi connectivity index (χ4v) is 2.91. The topological polar surface area (TPSA) is 64.6 Å². The summed E-state index contributed by atoms with van der Waals surface area (Å²) in [7, 11) is 0. The van der Waals surface area contributed by atoms with Gasteiger partial charge in [0, 0.05) is 6.04 Å². The highest BCUT2D eigenvalue weighted by Gasteiger charge is 2.31. The van der Waals surface area contributed by atoms with Crippen LogP contribution in [0.3, 0.4) is 0 Å². The van der Waals surface area contributed by atoms with E-state index in [4.69, 9.17) is 4.74 Å². The highest BCUT2D eigenvalue weighted by atomic mass is 19.4. The SMILES string of the molecule is C[C@@H](OC(=O)c1ccc(OC(F)(F)F)cc1)C(=O)N[C@@H]1CCCC[C@@H]1C. The molecule has 0 saturated heterocycles. The van der Waals surface area contributed by atoms with Crippen LogP contribution in [0, 0.1) is 5.92 Å². The maximum atomic E-state index is 12.2. The molecule has 0 radical (unpaired) electrons. The Balaban J connectivity index is 1.88. The van der Waals surface area contributed by atoms with Crippen molar-refractivity contribution in [2.45, 2.75) is 58.0 Å². The number of carbonyl (C=O) groups is 2. The van der Waals surface area contributed by atoms with Gasteiger partial charge in [-0.3, -0.25) is 4.79 Å². The molecule has 1 N–H and O–H groups in total. The molecule has 26 heavy (non-hydrogen) atoms. The van der Waals surface area contributed by atoms with Crippen molar-refractivity contribution in [1.29, 1.82) is 0 Å². The number of amides is 1. The van der Waals surface area contributed by atoms with E-state index in [1.807, 2.05) is 0 Å². The molecule has 0 heterocycles. The van der Waals surface area contributed by atoms with Gasteiger partial charge < -0.3 is 14.8 Å². The van der Waals surface area contributed by atoms with Crippen molar-refractivity contribution in [2.24, 2.45) is 5.92 Å².